The van der Waals surface area contributed by atoms with Crippen molar-refractivity contribution in [2.75, 3.05) is 6.61 Å². The number of hydrogen-bond donors (Lipinski definition) is 1. The molecule has 0 aliphatic carbocycles. The molecule has 7 rings (SSSR count). The molecule has 12 nitrogen and oxygen atoms in total. The lowest BCUT2D eigenvalue weighted by Gasteiger charge is -2.24. The topological polar surface area (TPSA) is 133 Å². The van der Waals surface area contributed by atoms with Gasteiger partial charge in [0, 0.05) is 41.9 Å². The van der Waals surface area contributed by atoms with Crippen LogP contribution >= 0.6 is 11.3 Å². The number of carbonyl (C=O) groups is 3. The number of aromatic nitrogens is 5. The number of rotatable bonds is 13. The number of ether oxygens (including phenoxy) is 2. The highest BCUT2D eigenvalue weighted by Crippen LogP contribution is 2.37. The molecule has 1 atom stereocenters. The minimum Gasteiger partial charge on any atom is -0.493 e. The molecule has 266 valence electrons. The normalized spacial score (nSPS) is 13.7. The van der Waals surface area contributed by atoms with Crippen molar-refractivity contribution in [2.24, 2.45) is 0 Å². The van der Waals surface area contributed by atoms with E-state index in [1.807, 2.05) is 49.0 Å². The van der Waals surface area contributed by atoms with E-state index in [1.165, 1.54) is 11.1 Å². The highest BCUT2D eigenvalue weighted by molar-refractivity contribution is 7.15. The van der Waals surface area contributed by atoms with Gasteiger partial charge in [-0.15, -0.1) is 21.5 Å². The Kier molecular flexibility index (Phi) is 10.6. The van der Waals surface area contributed by atoms with Gasteiger partial charge in [-0.3, -0.25) is 28.9 Å². The first-order chi connectivity index (χ1) is 25.4. The summed E-state index contributed by atoms with van der Waals surface area (Å²) in [5.41, 5.74) is 5.85. The lowest BCUT2D eigenvalue weighted by molar-refractivity contribution is -0.125. The van der Waals surface area contributed by atoms with Crippen LogP contribution in [0.3, 0.4) is 0 Å². The maximum absolute atomic E-state index is 13.1. The van der Waals surface area contributed by atoms with Crippen molar-refractivity contribution < 1.29 is 23.9 Å². The average Bonchev–Trinajstić information content (AvgIpc) is 3.90. The minimum absolute atomic E-state index is 0.0726. The van der Waals surface area contributed by atoms with E-state index >= 15 is 0 Å². The summed E-state index contributed by atoms with van der Waals surface area (Å²) in [7, 11) is 0. The first-order valence-electron chi connectivity index (χ1n) is 17.4. The van der Waals surface area contributed by atoms with Gasteiger partial charge in [-0.1, -0.05) is 48.2 Å². The molecule has 0 spiro atoms. The van der Waals surface area contributed by atoms with Gasteiger partial charge in [0.2, 0.25) is 12.3 Å². The van der Waals surface area contributed by atoms with E-state index in [9.17, 15) is 14.4 Å². The number of hydrogen-bond acceptors (Lipinski definition) is 9. The predicted octanol–water partition coefficient (Wildman–Crippen LogP) is 5.11. The van der Waals surface area contributed by atoms with Gasteiger partial charge >= 0.3 is 0 Å². The molecule has 1 N–H and O–H groups in total. The highest BCUT2D eigenvalue weighted by atomic mass is 32.1. The summed E-state index contributed by atoms with van der Waals surface area (Å²) in [4.78, 5) is 38.1. The zero-order valence-electron chi connectivity index (χ0n) is 29.1. The van der Waals surface area contributed by atoms with Crippen LogP contribution in [0.25, 0.3) is 5.00 Å². The molecule has 2 aromatic carbocycles. The maximum Gasteiger partial charge on any atom is 0.254 e. The van der Waals surface area contributed by atoms with E-state index < -0.39 is 0 Å². The zero-order chi connectivity index (χ0) is 36.0. The number of aryl methyl sites for hydroxylation is 2. The first-order valence-corrected chi connectivity index (χ1v) is 18.2. The molecule has 3 aromatic heterocycles. The predicted molar refractivity (Wildman–Crippen MR) is 194 cm³/mol. The van der Waals surface area contributed by atoms with E-state index in [1.54, 1.807) is 22.4 Å². The number of imide groups is 1. The van der Waals surface area contributed by atoms with Crippen molar-refractivity contribution in [1.82, 2.24) is 34.8 Å². The minimum atomic E-state index is -0.354. The molecular formula is C39H39N7O5S. The fourth-order valence-electron chi connectivity index (χ4n) is 6.60. The van der Waals surface area contributed by atoms with Crippen molar-refractivity contribution in [2.45, 2.75) is 78.3 Å². The fraction of sp³-hybridized carbons (Fsp3) is 0.333. The lowest BCUT2D eigenvalue weighted by atomic mass is 10.0. The molecule has 2 aliphatic rings. The molecule has 2 aliphatic heterocycles. The number of benzene rings is 2. The van der Waals surface area contributed by atoms with Crippen molar-refractivity contribution in [3.05, 3.63) is 111 Å². The Hall–Kier alpha value is -5.58. The van der Waals surface area contributed by atoms with Crippen molar-refractivity contribution >= 4 is 29.6 Å². The summed E-state index contributed by atoms with van der Waals surface area (Å²) in [5.74, 6) is 8.71. The Balaban J connectivity index is 0.961. The standard InChI is InChI=1S/C39H39N7O5S/c1-26(13-16-37(48)40-25-47)45-22-32-30(38(45)49)11-8-12-34(32)51-18-7-6-17-44-21-29(20-41-44)14-15-35-31(19-28-9-4-3-5-10-28)33-23-50-24-36-43-42-27(2)46(36)39(33)52-35/h3-5,8-12,20-21,25-26H,6-7,13,16-19,22-24H2,1-2H3,(H,40,47,48). The average molecular weight is 718 g/mol. The van der Waals surface area contributed by atoms with Crippen LogP contribution in [0.1, 0.15) is 87.3 Å². The first kappa shape index (κ1) is 34.9. The van der Waals surface area contributed by atoms with E-state index in [-0.39, 0.29) is 24.3 Å². The van der Waals surface area contributed by atoms with Gasteiger partial charge < -0.3 is 14.4 Å². The molecule has 52 heavy (non-hydrogen) atoms. The third-order valence-electron chi connectivity index (χ3n) is 9.38. The molecule has 3 amide bonds. The van der Waals surface area contributed by atoms with Crippen molar-refractivity contribution in [1.29, 1.82) is 0 Å². The molecule has 0 saturated heterocycles. The number of unbranched alkanes of at least 4 members (excludes halogenated alkanes) is 1. The van der Waals surface area contributed by atoms with E-state index in [0.29, 0.717) is 50.5 Å². The second-order valence-corrected chi connectivity index (χ2v) is 13.9. The number of fused-ring (bicyclic) bond motifs is 4. The molecule has 5 aromatic rings. The van der Waals surface area contributed by atoms with E-state index in [2.05, 4.69) is 61.3 Å². The van der Waals surface area contributed by atoms with Gasteiger partial charge in [0.15, 0.2) is 5.82 Å². The summed E-state index contributed by atoms with van der Waals surface area (Å²) in [6.45, 7) is 6.44. The molecule has 5 heterocycles. The molecule has 0 saturated carbocycles. The summed E-state index contributed by atoms with van der Waals surface area (Å²) in [6, 6.07) is 15.8. The van der Waals surface area contributed by atoms with Gasteiger partial charge in [0.25, 0.3) is 5.91 Å². The summed E-state index contributed by atoms with van der Waals surface area (Å²) < 4.78 is 16.2. The van der Waals surface area contributed by atoms with Gasteiger partial charge in [-0.2, -0.15) is 5.10 Å². The Labute approximate surface area is 305 Å². The number of carbonyl (C=O) groups excluding carboxylic acids is 3. The van der Waals surface area contributed by atoms with Crippen LogP contribution in [0, 0.1) is 18.8 Å². The highest BCUT2D eigenvalue weighted by Gasteiger charge is 2.33. The Morgan fingerprint density at radius 2 is 1.96 bits per heavy atom. The quantitative estimate of drug-likeness (QED) is 0.101. The van der Waals surface area contributed by atoms with Crippen LogP contribution in [0.4, 0.5) is 0 Å². The molecular weight excluding hydrogens is 679 g/mol. The zero-order valence-corrected chi connectivity index (χ0v) is 29.9. The Bertz CT molecular complexity index is 2160. The van der Waals surface area contributed by atoms with Crippen LogP contribution in [-0.2, 0) is 47.1 Å². The fourth-order valence-corrected chi connectivity index (χ4v) is 7.85. The second-order valence-electron chi connectivity index (χ2n) is 12.9. The Morgan fingerprint density at radius 3 is 2.81 bits per heavy atom. The third-order valence-corrected chi connectivity index (χ3v) is 10.6. The molecule has 1 unspecified atom stereocenters. The number of nitrogens with zero attached hydrogens (tertiary/aromatic N) is 6. The van der Waals surface area contributed by atoms with Crippen LogP contribution in [0.15, 0.2) is 60.9 Å². The molecule has 0 radical (unpaired) electrons. The van der Waals surface area contributed by atoms with Gasteiger partial charge in [0.1, 0.15) is 23.2 Å². The SMILES string of the molecule is Cc1nnc2n1-c1sc(C#Cc3cnn(CCCCOc4cccc5c4CN(C(C)CCC(=O)NC=O)C5=O)c3)c(Cc3ccccc3)c1COC2. The van der Waals surface area contributed by atoms with Gasteiger partial charge in [-0.25, -0.2) is 0 Å². The van der Waals surface area contributed by atoms with Crippen LogP contribution in [0.2, 0.25) is 0 Å². The van der Waals surface area contributed by atoms with Gasteiger partial charge in [-0.05, 0) is 62.8 Å². The van der Waals surface area contributed by atoms with E-state index in [0.717, 1.165) is 64.0 Å². The van der Waals surface area contributed by atoms with Crippen LogP contribution in [-0.4, -0.2) is 60.3 Å². The number of thiophene rings is 1. The summed E-state index contributed by atoms with van der Waals surface area (Å²) >= 11 is 1.65. The number of amides is 3. The molecule has 0 fully saturated rings. The van der Waals surface area contributed by atoms with E-state index in [4.69, 9.17) is 9.47 Å². The van der Waals surface area contributed by atoms with Gasteiger partial charge in [0.05, 0.1) is 36.4 Å². The lowest BCUT2D eigenvalue weighted by Crippen LogP contribution is -2.34. The monoisotopic (exact) mass is 717 g/mol. The Morgan fingerprint density at radius 1 is 1.10 bits per heavy atom. The van der Waals surface area contributed by atoms with Crippen molar-refractivity contribution in [3.63, 3.8) is 0 Å². The maximum atomic E-state index is 13.1. The summed E-state index contributed by atoms with van der Waals surface area (Å²) in [5, 5.41) is 16.4. The third kappa shape index (κ3) is 7.54. The second kappa shape index (κ2) is 15.8. The molecule has 0 bridgehead atoms. The smallest absolute Gasteiger partial charge is 0.254 e. The largest absolute Gasteiger partial charge is 0.493 e. The summed E-state index contributed by atoms with van der Waals surface area (Å²) in [6.07, 6.45) is 7.19. The molecule has 13 heteroatoms. The number of nitrogens with one attached hydrogen (secondary N) is 1. The van der Waals surface area contributed by atoms with Crippen LogP contribution < -0.4 is 10.1 Å². The van der Waals surface area contributed by atoms with Crippen LogP contribution in [0.5, 0.6) is 5.75 Å². The van der Waals surface area contributed by atoms with Crippen molar-refractivity contribution in [3.8, 4) is 22.6 Å².